The fraction of sp³-hybridized carbons (Fsp3) is 0.571. The van der Waals surface area contributed by atoms with Crippen LogP contribution < -0.4 is 5.32 Å². The second kappa shape index (κ2) is 7.46. The molecule has 1 aromatic carbocycles. The quantitative estimate of drug-likeness (QED) is 0.848. The van der Waals surface area contributed by atoms with E-state index >= 15 is 0 Å². The summed E-state index contributed by atoms with van der Waals surface area (Å²) in [6.45, 7) is 3.56. The Morgan fingerprint density at radius 1 is 1.37 bits per heavy atom. The third-order valence-corrected chi connectivity index (χ3v) is 4.06. The highest BCUT2D eigenvalue weighted by Crippen LogP contribution is 2.22. The molecule has 1 aromatic rings. The molecule has 0 amide bonds. The van der Waals surface area contributed by atoms with Gasteiger partial charge in [-0.3, -0.25) is 4.90 Å². The van der Waals surface area contributed by atoms with Crippen LogP contribution in [0.25, 0.3) is 0 Å². The first-order valence-corrected chi connectivity index (χ1v) is 7.45. The van der Waals surface area contributed by atoms with E-state index in [2.05, 4.69) is 10.2 Å². The van der Waals surface area contributed by atoms with E-state index in [1.54, 1.807) is 6.07 Å². The molecule has 106 valence electrons. The lowest BCUT2D eigenvalue weighted by atomic mass is 10.1. The summed E-state index contributed by atoms with van der Waals surface area (Å²) in [7, 11) is 0. The number of aliphatic hydroxyl groups is 1. The molecule has 2 N–H and O–H groups in total. The zero-order valence-corrected chi connectivity index (χ0v) is 12.4. The van der Waals surface area contributed by atoms with Crippen molar-refractivity contribution < 1.29 is 5.11 Å². The van der Waals surface area contributed by atoms with Crippen LogP contribution in [0.5, 0.6) is 0 Å². The van der Waals surface area contributed by atoms with Crippen molar-refractivity contribution in [3.05, 3.63) is 33.8 Å². The lowest BCUT2D eigenvalue weighted by Crippen LogP contribution is -2.38. The van der Waals surface area contributed by atoms with E-state index in [1.807, 2.05) is 12.1 Å². The van der Waals surface area contributed by atoms with Gasteiger partial charge in [0.05, 0.1) is 6.61 Å². The Hall–Kier alpha value is -0.320. The zero-order chi connectivity index (χ0) is 13.7. The second-order valence-electron chi connectivity index (χ2n) is 4.99. The molecule has 1 unspecified atom stereocenters. The molecule has 1 aliphatic heterocycles. The van der Waals surface area contributed by atoms with Crippen LogP contribution in [0.1, 0.15) is 18.4 Å². The van der Waals surface area contributed by atoms with Gasteiger partial charge in [-0.05, 0) is 43.1 Å². The molecule has 1 saturated heterocycles. The van der Waals surface area contributed by atoms with Crippen LogP contribution >= 0.6 is 23.2 Å². The molecule has 19 heavy (non-hydrogen) atoms. The van der Waals surface area contributed by atoms with Gasteiger partial charge in [0.1, 0.15) is 0 Å². The monoisotopic (exact) mass is 302 g/mol. The summed E-state index contributed by atoms with van der Waals surface area (Å²) in [5, 5.41) is 14.1. The molecule has 1 fully saturated rings. The number of rotatable bonds is 6. The lowest BCUT2D eigenvalue weighted by molar-refractivity contribution is 0.179. The molecule has 2 rings (SSSR count). The maximum Gasteiger partial charge on any atom is 0.0558 e. The van der Waals surface area contributed by atoms with E-state index in [9.17, 15) is 5.11 Å². The largest absolute Gasteiger partial charge is 0.395 e. The zero-order valence-electron chi connectivity index (χ0n) is 10.9. The van der Waals surface area contributed by atoms with Crippen LogP contribution in [-0.2, 0) is 6.54 Å². The molecule has 0 saturated carbocycles. The summed E-state index contributed by atoms with van der Waals surface area (Å²) < 4.78 is 0. The van der Waals surface area contributed by atoms with Crippen molar-refractivity contribution in [3.63, 3.8) is 0 Å². The fourth-order valence-corrected chi connectivity index (χ4v) is 2.88. The number of nitrogens with zero attached hydrogens (tertiary/aromatic N) is 1. The molecular weight excluding hydrogens is 283 g/mol. The average molecular weight is 303 g/mol. The third kappa shape index (κ3) is 4.62. The highest BCUT2D eigenvalue weighted by molar-refractivity contribution is 6.33. The van der Waals surface area contributed by atoms with Gasteiger partial charge in [0.2, 0.25) is 0 Å². The SMILES string of the molecule is OCCN(Cc1cc(Cl)ccc1Cl)CC1CCCN1. The number of halogens is 2. The van der Waals surface area contributed by atoms with Gasteiger partial charge >= 0.3 is 0 Å². The fourth-order valence-electron chi connectivity index (χ4n) is 2.51. The summed E-state index contributed by atoms with van der Waals surface area (Å²) in [6, 6.07) is 6.03. The highest BCUT2D eigenvalue weighted by atomic mass is 35.5. The van der Waals surface area contributed by atoms with E-state index in [0.29, 0.717) is 17.6 Å². The maximum absolute atomic E-state index is 9.19. The lowest BCUT2D eigenvalue weighted by Gasteiger charge is -2.25. The van der Waals surface area contributed by atoms with Crippen LogP contribution in [0.15, 0.2) is 18.2 Å². The number of hydrogen-bond acceptors (Lipinski definition) is 3. The standard InChI is InChI=1S/C14H20Cl2N2O/c15-12-3-4-14(16)11(8-12)9-18(6-7-19)10-13-2-1-5-17-13/h3-4,8,13,17,19H,1-2,5-7,9-10H2. The summed E-state index contributed by atoms with van der Waals surface area (Å²) in [4.78, 5) is 2.22. The normalized spacial score (nSPS) is 19.3. The summed E-state index contributed by atoms with van der Waals surface area (Å²) in [5.74, 6) is 0. The van der Waals surface area contributed by atoms with Crippen LogP contribution in [0.2, 0.25) is 10.0 Å². The molecule has 0 spiro atoms. The summed E-state index contributed by atoms with van der Waals surface area (Å²) in [6.07, 6.45) is 2.43. The minimum absolute atomic E-state index is 0.158. The van der Waals surface area contributed by atoms with Crippen molar-refractivity contribution >= 4 is 23.2 Å². The molecule has 3 nitrogen and oxygen atoms in total. The molecule has 1 atom stereocenters. The molecule has 0 aromatic heterocycles. The van der Waals surface area contributed by atoms with Gasteiger partial charge in [-0.2, -0.15) is 0 Å². The predicted molar refractivity (Wildman–Crippen MR) is 79.8 cm³/mol. The van der Waals surface area contributed by atoms with E-state index in [-0.39, 0.29) is 6.61 Å². The van der Waals surface area contributed by atoms with E-state index in [1.165, 1.54) is 12.8 Å². The van der Waals surface area contributed by atoms with Crippen LogP contribution in [0.3, 0.4) is 0 Å². The summed E-state index contributed by atoms with van der Waals surface area (Å²) >= 11 is 12.2. The van der Waals surface area contributed by atoms with Crippen LogP contribution in [0.4, 0.5) is 0 Å². The Balaban J connectivity index is 2.00. The molecule has 0 radical (unpaired) electrons. The molecule has 5 heteroatoms. The first-order valence-electron chi connectivity index (χ1n) is 6.69. The van der Waals surface area contributed by atoms with E-state index in [4.69, 9.17) is 23.2 Å². The van der Waals surface area contributed by atoms with E-state index < -0.39 is 0 Å². The first kappa shape index (κ1) is 15.1. The van der Waals surface area contributed by atoms with Gasteiger partial charge in [-0.1, -0.05) is 23.2 Å². The predicted octanol–water partition coefficient (Wildman–Crippen LogP) is 2.54. The maximum atomic E-state index is 9.19. The molecule has 1 aliphatic rings. The van der Waals surface area contributed by atoms with Crippen LogP contribution in [-0.4, -0.2) is 42.3 Å². The number of aliphatic hydroxyl groups excluding tert-OH is 1. The van der Waals surface area contributed by atoms with Crippen LogP contribution in [0, 0.1) is 0 Å². The number of nitrogens with one attached hydrogen (secondary N) is 1. The minimum Gasteiger partial charge on any atom is -0.395 e. The minimum atomic E-state index is 0.158. The molecule has 0 aliphatic carbocycles. The highest BCUT2D eigenvalue weighted by Gasteiger charge is 2.18. The smallest absolute Gasteiger partial charge is 0.0558 e. The van der Waals surface area contributed by atoms with Crippen molar-refractivity contribution in [2.24, 2.45) is 0 Å². The first-order chi connectivity index (χ1) is 9.19. The Morgan fingerprint density at radius 3 is 2.89 bits per heavy atom. The Bertz CT molecular complexity index is 408. The van der Waals surface area contributed by atoms with Gasteiger partial charge in [0, 0.05) is 35.7 Å². The van der Waals surface area contributed by atoms with Gasteiger partial charge in [0.15, 0.2) is 0 Å². The molecule has 1 heterocycles. The van der Waals surface area contributed by atoms with Crippen molar-refractivity contribution in [2.45, 2.75) is 25.4 Å². The Labute approximate surface area is 124 Å². The van der Waals surface area contributed by atoms with Crippen molar-refractivity contribution in [2.75, 3.05) is 26.2 Å². The summed E-state index contributed by atoms with van der Waals surface area (Å²) in [5.41, 5.74) is 1.01. The van der Waals surface area contributed by atoms with Crippen molar-refractivity contribution in [1.82, 2.24) is 10.2 Å². The van der Waals surface area contributed by atoms with E-state index in [0.717, 1.165) is 30.2 Å². The van der Waals surface area contributed by atoms with Gasteiger partial charge in [-0.25, -0.2) is 0 Å². The van der Waals surface area contributed by atoms with Crippen molar-refractivity contribution in [1.29, 1.82) is 0 Å². The molecule has 0 bridgehead atoms. The Morgan fingerprint density at radius 2 is 2.21 bits per heavy atom. The third-order valence-electron chi connectivity index (χ3n) is 3.46. The average Bonchev–Trinajstić information content (AvgIpc) is 2.87. The second-order valence-corrected chi connectivity index (χ2v) is 5.83. The molecular formula is C14H20Cl2N2O. The number of hydrogen-bond donors (Lipinski definition) is 2. The van der Waals surface area contributed by atoms with Gasteiger partial charge < -0.3 is 10.4 Å². The van der Waals surface area contributed by atoms with Crippen molar-refractivity contribution in [3.8, 4) is 0 Å². The van der Waals surface area contributed by atoms with Gasteiger partial charge in [-0.15, -0.1) is 0 Å². The van der Waals surface area contributed by atoms with Gasteiger partial charge in [0.25, 0.3) is 0 Å². The topological polar surface area (TPSA) is 35.5 Å². The number of benzene rings is 1. The Kier molecular flexibility index (Phi) is 5.92.